The van der Waals surface area contributed by atoms with Crippen LogP contribution in [0.5, 0.6) is 0 Å². The summed E-state index contributed by atoms with van der Waals surface area (Å²) in [6.45, 7) is 7.28. The van der Waals surface area contributed by atoms with Crippen molar-refractivity contribution in [1.82, 2.24) is 19.7 Å². The van der Waals surface area contributed by atoms with Gasteiger partial charge >= 0.3 is 0 Å². The molecule has 1 aliphatic carbocycles. The Bertz CT molecular complexity index is 1040. The molecule has 7 nitrogen and oxygen atoms in total. The maximum atomic E-state index is 14.0. The van der Waals surface area contributed by atoms with E-state index in [-0.39, 0.29) is 17.9 Å². The van der Waals surface area contributed by atoms with Gasteiger partial charge in [-0.2, -0.15) is 0 Å². The van der Waals surface area contributed by atoms with E-state index < -0.39 is 5.54 Å². The second kappa shape index (κ2) is 11.2. The highest BCUT2D eigenvalue weighted by Gasteiger charge is 2.48. The molecule has 2 amide bonds. The van der Waals surface area contributed by atoms with Gasteiger partial charge in [-0.15, -0.1) is 0 Å². The number of carbonyl (C=O) groups excluding carboxylic acids is 2. The van der Waals surface area contributed by atoms with Crippen LogP contribution in [0.3, 0.4) is 0 Å². The van der Waals surface area contributed by atoms with E-state index in [0.29, 0.717) is 18.8 Å². The van der Waals surface area contributed by atoms with E-state index in [2.05, 4.69) is 26.9 Å². The normalized spacial score (nSPS) is 23.8. The monoisotopic (exact) mass is 492 g/mol. The Morgan fingerprint density at radius 3 is 2.39 bits per heavy atom. The SMILES string of the molecule is C[C@@]1(C(=O)NC2CCCCCC2)Cn2c(ccc2-c2ccccc2)C(=O)N1CCCN1CCOCC1. The maximum absolute atomic E-state index is 14.0. The van der Waals surface area contributed by atoms with E-state index in [1.807, 2.05) is 42.2 Å². The number of carbonyl (C=O) groups is 2. The molecule has 1 N–H and O–H groups in total. The first-order valence-electron chi connectivity index (χ1n) is 13.7. The van der Waals surface area contributed by atoms with Gasteiger partial charge in [-0.3, -0.25) is 14.5 Å². The Morgan fingerprint density at radius 1 is 0.972 bits per heavy atom. The summed E-state index contributed by atoms with van der Waals surface area (Å²) in [5.74, 6) is -0.0728. The van der Waals surface area contributed by atoms with Gasteiger partial charge in [-0.05, 0) is 43.9 Å². The van der Waals surface area contributed by atoms with Crippen molar-refractivity contribution in [2.45, 2.75) is 70.0 Å². The Balaban J connectivity index is 1.40. The van der Waals surface area contributed by atoms with Crippen molar-refractivity contribution in [2.75, 3.05) is 39.4 Å². The van der Waals surface area contributed by atoms with Crippen molar-refractivity contribution in [2.24, 2.45) is 0 Å². The molecule has 36 heavy (non-hydrogen) atoms. The van der Waals surface area contributed by atoms with Crippen LogP contribution in [0.15, 0.2) is 42.5 Å². The van der Waals surface area contributed by atoms with Gasteiger partial charge in [0.25, 0.3) is 5.91 Å². The molecule has 2 aliphatic heterocycles. The van der Waals surface area contributed by atoms with Gasteiger partial charge in [0.15, 0.2) is 0 Å². The van der Waals surface area contributed by atoms with Gasteiger partial charge in [-0.25, -0.2) is 0 Å². The van der Waals surface area contributed by atoms with Crippen molar-refractivity contribution in [3.05, 3.63) is 48.2 Å². The predicted molar refractivity (Wildman–Crippen MR) is 141 cm³/mol. The van der Waals surface area contributed by atoms with Crippen LogP contribution in [0, 0.1) is 0 Å². The zero-order valence-electron chi connectivity index (χ0n) is 21.6. The lowest BCUT2D eigenvalue weighted by molar-refractivity contribution is -0.133. The third-order valence-corrected chi connectivity index (χ3v) is 8.22. The van der Waals surface area contributed by atoms with Crippen LogP contribution in [0.4, 0.5) is 0 Å². The number of benzene rings is 1. The molecule has 1 saturated heterocycles. The molecule has 0 bridgehead atoms. The zero-order chi connectivity index (χ0) is 25.0. The van der Waals surface area contributed by atoms with E-state index in [9.17, 15) is 9.59 Å². The average molecular weight is 493 g/mol. The van der Waals surface area contributed by atoms with Crippen LogP contribution in [0.25, 0.3) is 11.3 Å². The predicted octanol–water partition coefficient (Wildman–Crippen LogP) is 3.93. The van der Waals surface area contributed by atoms with E-state index >= 15 is 0 Å². The molecule has 7 heteroatoms. The van der Waals surface area contributed by atoms with Gasteiger partial charge in [0.2, 0.25) is 5.91 Å². The first kappa shape index (κ1) is 25.0. The number of hydrogen-bond acceptors (Lipinski definition) is 4. The van der Waals surface area contributed by atoms with Crippen LogP contribution >= 0.6 is 0 Å². The molecule has 1 atom stereocenters. The van der Waals surface area contributed by atoms with Crippen molar-refractivity contribution in [1.29, 1.82) is 0 Å². The highest BCUT2D eigenvalue weighted by atomic mass is 16.5. The molecule has 1 aromatic heterocycles. The highest BCUT2D eigenvalue weighted by molar-refractivity contribution is 6.00. The number of ether oxygens (including phenoxy) is 1. The second-order valence-electron chi connectivity index (χ2n) is 10.8. The van der Waals surface area contributed by atoms with Gasteiger partial charge in [0.05, 0.1) is 19.8 Å². The summed E-state index contributed by atoms with van der Waals surface area (Å²) in [5, 5.41) is 3.37. The third kappa shape index (κ3) is 5.23. The largest absolute Gasteiger partial charge is 0.379 e. The Hall–Kier alpha value is -2.64. The Morgan fingerprint density at radius 2 is 1.67 bits per heavy atom. The van der Waals surface area contributed by atoms with Gasteiger partial charge in [0, 0.05) is 37.9 Å². The smallest absolute Gasteiger partial charge is 0.271 e. The fraction of sp³-hybridized carbons (Fsp3) is 0.586. The summed E-state index contributed by atoms with van der Waals surface area (Å²) in [6, 6.07) is 14.3. The number of nitrogens with zero attached hydrogens (tertiary/aromatic N) is 3. The molecular formula is C29H40N4O3. The lowest BCUT2D eigenvalue weighted by atomic mass is 9.93. The topological polar surface area (TPSA) is 66.8 Å². The summed E-state index contributed by atoms with van der Waals surface area (Å²) >= 11 is 0. The minimum Gasteiger partial charge on any atom is -0.379 e. The first-order valence-corrected chi connectivity index (χ1v) is 13.7. The summed E-state index contributed by atoms with van der Waals surface area (Å²) in [4.78, 5) is 32.1. The number of aromatic nitrogens is 1. The fourth-order valence-corrected chi connectivity index (χ4v) is 6.03. The lowest BCUT2D eigenvalue weighted by Gasteiger charge is -2.45. The van der Waals surface area contributed by atoms with Gasteiger partial charge < -0.3 is 19.5 Å². The Kier molecular flexibility index (Phi) is 7.77. The molecule has 3 aliphatic rings. The lowest BCUT2D eigenvalue weighted by Crippen LogP contribution is -2.65. The molecule has 5 rings (SSSR count). The summed E-state index contributed by atoms with van der Waals surface area (Å²) in [5.41, 5.74) is 1.77. The van der Waals surface area contributed by atoms with Crippen LogP contribution in [-0.4, -0.2) is 77.2 Å². The van der Waals surface area contributed by atoms with Crippen LogP contribution < -0.4 is 5.32 Å². The molecule has 1 aromatic carbocycles. The zero-order valence-corrected chi connectivity index (χ0v) is 21.6. The summed E-state index contributed by atoms with van der Waals surface area (Å²) in [6.07, 6.45) is 7.68. The van der Waals surface area contributed by atoms with Crippen molar-refractivity contribution in [3.8, 4) is 11.3 Å². The molecule has 0 unspecified atom stereocenters. The van der Waals surface area contributed by atoms with Crippen molar-refractivity contribution < 1.29 is 14.3 Å². The molecule has 2 fully saturated rings. The number of fused-ring (bicyclic) bond motifs is 1. The van der Waals surface area contributed by atoms with Crippen molar-refractivity contribution >= 4 is 11.8 Å². The van der Waals surface area contributed by atoms with Crippen LogP contribution in [0.2, 0.25) is 0 Å². The molecule has 0 radical (unpaired) electrons. The third-order valence-electron chi connectivity index (χ3n) is 8.22. The molecule has 3 heterocycles. The first-order chi connectivity index (χ1) is 17.6. The molecular weight excluding hydrogens is 452 g/mol. The number of morpholine rings is 1. The molecule has 194 valence electrons. The van der Waals surface area contributed by atoms with Crippen LogP contribution in [-0.2, 0) is 16.1 Å². The minimum absolute atomic E-state index is 0.0208. The van der Waals surface area contributed by atoms with Gasteiger partial charge in [-0.1, -0.05) is 56.0 Å². The number of hydrogen-bond donors (Lipinski definition) is 1. The summed E-state index contributed by atoms with van der Waals surface area (Å²) in [7, 11) is 0. The second-order valence-corrected chi connectivity index (χ2v) is 10.8. The highest BCUT2D eigenvalue weighted by Crippen LogP contribution is 2.33. The molecule has 2 aromatic rings. The van der Waals surface area contributed by atoms with E-state index in [1.54, 1.807) is 0 Å². The van der Waals surface area contributed by atoms with E-state index in [4.69, 9.17) is 4.74 Å². The average Bonchev–Trinajstić information content (AvgIpc) is 3.15. The number of rotatable bonds is 7. The Labute approximate surface area is 214 Å². The molecule has 1 saturated carbocycles. The maximum Gasteiger partial charge on any atom is 0.271 e. The van der Waals surface area contributed by atoms with E-state index in [0.717, 1.165) is 76.2 Å². The molecule has 0 spiro atoms. The fourth-order valence-electron chi connectivity index (χ4n) is 6.03. The number of amides is 2. The standard InChI is InChI=1S/C29H40N4O3/c1-29(28(35)30-24-12-7-2-3-8-13-24)22-32-25(23-10-5-4-6-11-23)14-15-26(32)27(34)33(29)17-9-16-31-18-20-36-21-19-31/h4-6,10-11,14-15,24H,2-3,7-9,12-13,16-22H2,1H3,(H,30,35)/t29-/m0/s1. The van der Waals surface area contributed by atoms with Crippen LogP contribution in [0.1, 0.15) is 62.4 Å². The quantitative estimate of drug-likeness (QED) is 0.595. The van der Waals surface area contributed by atoms with E-state index in [1.165, 1.54) is 12.8 Å². The van der Waals surface area contributed by atoms with Crippen molar-refractivity contribution in [3.63, 3.8) is 0 Å². The number of nitrogens with one attached hydrogen (secondary N) is 1. The van der Waals surface area contributed by atoms with Gasteiger partial charge in [0.1, 0.15) is 11.2 Å². The minimum atomic E-state index is -0.941. The summed E-state index contributed by atoms with van der Waals surface area (Å²) < 4.78 is 7.53.